The van der Waals surface area contributed by atoms with Crippen molar-refractivity contribution in [1.29, 1.82) is 0 Å². The van der Waals surface area contributed by atoms with Crippen molar-refractivity contribution in [3.8, 4) is 0 Å². The van der Waals surface area contributed by atoms with Gasteiger partial charge in [-0.2, -0.15) is 0 Å². The van der Waals surface area contributed by atoms with Gasteiger partial charge in [0.25, 0.3) is 0 Å². The van der Waals surface area contributed by atoms with Crippen molar-refractivity contribution >= 4 is 15.9 Å². The minimum atomic E-state index is -1.70. The number of aliphatic hydroxyl groups is 1. The molecule has 0 aromatic heterocycles. The highest BCUT2D eigenvalue weighted by atomic mass is 79.9. The maximum absolute atomic E-state index is 10.9. The Hall–Kier alpha value is 0.370. The van der Waals surface area contributed by atoms with E-state index in [0.29, 0.717) is 0 Å². The molecule has 0 bridgehead atoms. The molecule has 1 nitrogen and oxygen atoms in total. The van der Waals surface area contributed by atoms with Crippen LogP contribution in [-0.4, -0.2) is 16.8 Å². The number of alkyl halides is 2. The van der Waals surface area contributed by atoms with Crippen molar-refractivity contribution < 1.29 is 9.50 Å². The molecule has 0 aromatic rings. The normalized spacial score (nSPS) is 15.0. The molecule has 0 saturated heterocycles. The van der Waals surface area contributed by atoms with Crippen LogP contribution in [0, 0.1) is 0 Å². The van der Waals surface area contributed by atoms with Crippen LogP contribution in [0.25, 0.3) is 0 Å². The molecule has 32 valence electrons. The van der Waals surface area contributed by atoms with Gasteiger partial charge < -0.3 is 5.11 Å². The van der Waals surface area contributed by atoms with Gasteiger partial charge in [-0.15, -0.1) is 0 Å². The molecule has 5 heavy (non-hydrogen) atoms. The Morgan fingerprint density at radius 3 is 2.20 bits per heavy atom. The average Bonchev–Trinajstić information content (AvgIpc) is 1.38. The van der Waals surface area contributed by atoms with Gasteiger partial charge in [0, 0.05) is 0 Å². The Bertz CT molecular complexity index is 23.6. The Morgan fingerprint density at radius 1 is 2.00 bits per heavy atom. The van der Waals surface area contributed by atoms with E-state index in [0.717, 1.165) is 0 Å². The molecule has 0 aromatic carbocycles. The summed E-state index contributed by atoms with van der Waals surface area (Å²) in [5, 5.41) is 7.65. The second kappa shape index (κ2) is 2.60. The molecular formula is C2H4BrFO. The average molecular weight is 143 g/mol. The summed E-state index contributed by atoms with van der Waals surface area (Å²) in [5.41, 5.74) is 0. The number of rotatable bonds is 1. The predicted molar refractivity (Wildman–Crippen MR) is 20.9 cm³/mol. The Kier molecular flexibility index (Phi) is 2.79. The van der Waals surface area contributed by atoms with Crippen molar-refractivity contribution in [2.24, 2.45) is 0 Å². The zero-order valence-corrected chi connectivity index (χ0v) is 4.07. The van der Waals surface area contributed by atoms with Crippen molar-refractivity contribution in [1.82, 2.24) is 0 Å². The molecule has 0 aliphatic carbocycles. The second-order valence-corrected chi connectivity index (χ2v) is 1.24. The van der Waals surface area contributed by atoms with Crippen molar-refractivity contribution in [2.45, 2.75) is 6.36 Å². The largest absolute Gasteiger partial charge is 0.363 e. The first-order chi connectivity index (χ1) is 2.27. The van der Waals surface area contributed by atoms with Crippen LogP contribution < -0.4 is 0 Å². The van der Waals surface area contributed by atoms with Crippen LogP contribution in [-0.2, 0) is 0 Å². The van der Waals surface area contributed by atoms with E-state index in [9.17, 15) is 4.39 Å². The van der Waals surface area contributed by atoms with Crippen LogP contribution in [0.15, 0.2) is 0 Å². The van der Waals surface area contributed by atoms with Gasteiger partial charge in [0.1, 0.15) is 0 Å². The van der Waals surface area contributed by atoms with E-state index in [2.05, 4.69) is 15.9 Å². The molecule has 3 heteroatoms. The van der Waals surface area contributed by atoms with Gasteiger partial charge in [-0.05, 0) is 0 Å². The van der Waals surface area contributed by atoms with Crippen LogP contribution in [0.2, 0.25) is 0 Å². The van der Waals surface area contributed by atoms with Gasteiger partial charge in [0.15, 0.2) is 0 Å². The van der Waals surface area contributed by atoms with Crippen molar-refractivity contribution in [3.05, 3.63) is 0 Å². The number of hydrogen-bond donors (Lipinski definition) is 1. The van der Waals surface area contributed by atoms with E-state index < -0.39 is 6.36 Å². The van der Waals surface area contributed by atoms with Crippen molar-refractivity contribution in [2.75, 3.05) is 5.33 Å². The highest BCUT2D eigenvalue weighted by Crippen LogP contribution is 1.87. The minimum absolute atomic E-state index is 0.00694. The van der Waals surface area contributed by atoms with Gasteiger partial charge in [-0.1, -0.05) is 15.9 Å². The SMILES string of the molecule is OC(F)CBr. The second-order valence-electron chi connectivity index (χ2n) is 0.589. The summed E-state index contributed by atoms with van der Waals surface area (Å²) < 4.78 is 10.9. The molecular weight excluding hydrogens is 139 g/mol. The Labute approximate surface area is 37.9 Å². The fraction of sp³-hybridized carbons (Fsp3) is 1.00. The van der Waals surface area contributed by atoms with Crippen LogP contribution in [0.4, 0.5) is 4.39 Å². The summed E-state index contributed by atoms with van der Waals surface area (Å²) in [7, 11) is 0. The quantitative estimate of drug-likeness (QED) is 0.534. The van der Waals surface area contributed by atoms with Gasteiger partial charge in [0.05, 0.1) is 5.33 Å². The van der Waals surface area contributed by atoms with E-state index in [4.69, 9.17) is 5.11 Å². The summed E-state index contributed by atoms with van der Waals surface area (Å²) in [6.07, 6.45) is -1.70. The molecule has 0 aliphatic heterocycles. The Morgan fingerprint density at radius 2 is 2.20 bits per heavy atom. The van der Waals surface area contributed by atoms with Gasteiger partial charge >= 0.3 is 0 Å². The lowest BCUT2D eigenvalue weighted by atomic mass is 10.8. The van der Waals surface area contributed by atoms with Crippen LogP contribution in [0.1, 0.15) is 0 Å². The number of aliphatic hydroxyl groups excluding tert-OH is 1. The van der Waals surface area contributed by atoms with Gasteiger partial charge in [0.2, 0.25) is 6.36 Å². The summed E-state index contributed by atoms with van der Waals surface area (Å²) in [5.74, 6) is 0. The third kappa shape index (κ3) is 4.37. The number of halogens is 2. The zero-order chi connectivity index (χ0) is 4.28. The maximum Gasteiger partial charge on any atom is 0.206 e. The van der Waals surface area contributed by atoms with Crippen LogP contribution in [0.5, 0.6) is 0 Å². The molecule has 0 fully saturated rings. The summed E-state index contributed by atoms with van der Waals surface area (Å²) >= 11 is 2.69. The van der Waals surface area contributed by atoms with Crippen LogP contribution in [0.3, 0.4) is 0 Å². The highest BCUT2D eigenvalue weighted by molar-refractivity contribution is 9.09. The van der Waals surface area contributed by atoms with E-state index in [1.54, 1.807) is 0 Å². The lowest BCUT2D eigenvalue weighted by Crippen LogP contribution is -1.95. The van der Waals surface area contributed by atoms with E-state index in [1.807, 2.05) is 0 Å². The summed E-state index contributed by atoms with van der Waals surface area (Å²) in [6, 6.07) is 0. The first kappa shape index (κ1) is 5.37. The van der Waals surface area contributed by atoms with Crippen molar-refractivity contribution in [3.63, 3.8) is 0 Å². The predicted octanol–water partition coefficient (Wildman–Crippen LogP) is 0.669. The first-order valence-corrected chi connectivity index (χ1v) is 2.27. The molecule has 0 spiro atoms. The van der Waals surface area contributed by atoms with Gasteiger partial charge in [-0.25, -0.2) is 4.39 Å². The molecule has 0 heterocycles. The zero-order valence-electron chi connectivity index (χ0n) is 2.49. The summed E-state index contributed by atoms with van der Waals surface area (Å²) in [6.45, 7) is 0. The fourth-order valence-electron chi connectivity index (χ4n) is 0. The molecule has 1 N–H and O–H groups in total. The first-order valence-electron chi connectivity index (χ1n) is 1.15. The molecule has 0 saturated carbocycles. The lowest BCUT2D eigenvalue weighted by molar-refractivity contribution is 0.0664. The van der Waals surface area contributed by atoms with E-state index in [-0.39, 0.29) is 5.33 Å². The van der Waals surface area contributed by atoms with E-state index in [1.165, 1.54) is 0 Å². The molecule has 0 aliphatic rings. The molecule has 1 atom stereocenters. The molecule has 0 rings (SSSR count). The summed E-state index contributed by atoms with van der Waals surface area (Å²) in [4.78, 5) is 0. The van der Waals surface area contributed by atoms with E-state index >= 15 is 0 Å². The highest BCUT2D eigenvalue weighted by Gasteiger charge is 1.89. The molecule has 0 radical (unpaired) electrons. The van der Waals surface area contributed by atoms with Gasteiger partial charge in [-0.3, -0.25) is 0 Å². The molecule has 1 unspecified atom stereocenters. The third-order valence-corrected chi connectivity index (χ3v) is 0.662. The maximum atomic E-state index is 10.9. The molecule has 0 amide bonds. The topological polar surface area (TPSA) is 20.2 Å². The minimum Gasteiger partial charge on any atom is -0.363 e. The number of hydrogen-bond acceptors (Lipinski definition) is 1. The standard InChI is InChI=1S/C2H4BrFO/c3-1-2(4)5/h2,5H,1H2. The smallest absolute Gasteiger partial charge is 0.206 e. The van der Waals surface area contributed by atoms with Crippen LogP contribution >= 0.6 is 15.9 Å². The lowest BCUT2D eigenvalue weighted by Gasteiger charge is -1.84. The third-order valence-electron chi connectivity index (χ3n) is 0.127. The monoisotopic (exact) mass is 142 g/mol. The fourth-order valence-corrected chi connectivity index (χ4v) is 0. The Balaban J connectivity index is 2.54.